The van der Waals surface area contributed by atoms with Crippen molar-refractivity contribution < 1.29 is 37.9 Å². The van der Waals surface area contributed by atoms with Crippen molar-refractivity contribution in [2.24, 2.45) is 0 Å². The highest BCUT2D eigenvalue weighted by molar-refractivity contribution is 7.13. The Hall–Kier alpha value is -2.94. The molecule has 0 saturated carbocycles. The van der Waals surface area contributed by atoms with Crippen LogP contribution in [0.5, 0.6) is 11.5 Å². The summed E-state index contributed by atoms with van der Waals surface area (Å²) in [4.78, 5) is 9.29. The zero-order valence-electron chi connectivity index (χ0n) is 25.2. The summed E-state index contributed by atoms with van der Waals surface area (Å²) in [5.74, 6) is 1.62. The molecule has 0 saturated heterocycles. The van der Waals surface area contributed by atoms with Gasteiger partial charge in [0, 0.05) is 10.8 Å². The molecule has 0 aliphatic rings. The Bertz CT molecular complexity index is 1250. The number of para-hydroxylation sites is 2. The molecule has 4 rings (SSSR count). The van der Waals surface area contributed by atoms with Gasteiger partial charge in [-0.2, -0.15) is 0 Å². The Morgan fingerprint density at radius 3 is 1.18 bits per heavy atom. The fourth-order valence-corrected chi connectivity index (χ4v) is 5.66. The first-order valence-electron chi connectivity index (χ1n) is 14.4. The van der Waals surface area contributed by atoms with E-state index in [2.05, 4.69) is 9.97 Å². The number of aromatic nitrogens is 2. The van der Waals surface area contributed by atoms with Gasteiger partial charge in [-0.1, -0.05) is 24.3 Å². The molecule has 10 nitrogen and oxygen atoms in total. The van der Waals surface area contributed by atoms with E-state index in [1.54, 1.807) is 36.9 Å². The number of thiazole rings is 2. The fraction of sp³-hybridized carbons (Fsp3) is 0.438. The first kappa shape index (κ1) is 33.9. The second-order valence-corrected chi connectivity index (χ2v) is 11.0. The molecule has 44 heavy (non-hydrogen) atoms. The third kappa shape index (κ3) is 11.5. The highest BCUT2D eigenvalue weighted by atomic mass is 32.1. The largest absolute Gasteiger partial charge is 0.496 e. The van der Waals surface area contributed by atoms with E-state index < -0.39 is 0 Å². The molecule has 0 spiro atoms. The normalized spacial score (nSPS) is 11.2. The Morgan fingerprint density at radius 2 is 0.818 bits per heavy atom. The highest BCUT2D eigenvalue weighted by Crippen LogP contribution is 2.33. The maximum Gasteiger partial charge on any atom is 0.129 e. The summed E-state index contributed by atoms with van der Waals surface area (Å²) in [7, 11) is 3.33. The quantitative estimate of drug-likeness (QED) is 0.0929. The van der Waals surface area contributed by atoms with Crippen LogP contribution in [0.15, 0.2) is 59.3 Å². The molecule has 0 atom stereocenters. The summed E-state index contributed by atoms with van der Waals surface area (Å²) in [5.41, 5.74) is 3.75. The highest BCUT2D eigenvalue weighted by Gasteiger charge is 2.11. The van der Waals surface area contributed by atoms with E-state index in [-0.39, 0.29) is 0 Å². The van der Waals surface area contributed by atoms with Crippen LogP contribution >= 0.6 is 22.7 Å². The van der Waals surface area contributed by atoms with Gasteiger partial charge < -0.3 is 37.9 Å². The Balaban J connectivity index is 0.902. The second kappa shape index (κ2) is 20.2. The van der Waals surface area contributed by atoms with E-state index in [0.29, 0.717) is 79.3 Å². The van der Waals surface area contributed by atoms with E-state index in [4.69, 9.17) is 37.9 Å². The standard InChI is InChI=1S/C32H40N2O8S2/c1-35-29-9-5-3-7-27(29)31-33-25(23-43-31)21-41-19-17-39-15-13-37-11-12-38-14-16-40-18-20-42-22-26-24-44-32(34-26)28-8-4-6-10-30(28)36-2/h3-10,23-24H,11-22H2,1-2H3. The lowest BCUT2D eigenvalue weighted by Gasteiger charge is -2.08. The lowest BCUT2D eigenvalue weighted by atomic mass is 10.2. The molecule has 0 aliphatic heterocycles. The average Bonchev–Trinajstić information content (AvgIpc) is 3.74. The third-order valence-corrected chi connectivity index (χ3v) is 7.99. The van der Waals surface area contributed by atoms with Crippen LogP contribution in [0.25, 0.3) is 21.1 Å². The first-order valence-corrected chi connectivity index (χ1v) is 16.2. The van der Waals surface area contributed by atoms with Crippen molar-refractivity contribution in [3.8, 4) is 32.6 Å². The molecular weight excluding hydrogens is 604 g/mol. The molecule has 12 heteroatoms. The molecule has 0 fully saturated rings. The Morgan fingerprint density at radius 1 is 0.477 bits per heavy atom. The van der Waals surface area contributed by atoms with Crippen LogP contribution in [0, 0.1) is 0 Å². The molecule has 0 bridgehead atoms. The minimum atomic E-state index is 0.443. The van der Waals surface area contributed by atoms with Crippen LogP contribution in [0.4, 0.5) is 0 Å². The second-order valence-electron chi connectivity index (χ2n) is 9.24. The van der Waals surface area contributed by atoms with Gasteiger partial charge in [0.15, 0.2) is 0 Å². The van der Waals surface area contributed by atoms with Gasteiger partial charge in [0.25, 0.3) is 0 Å². The van der Waals surface area contributed by atoms with Crippen LogP contribution < -0.4 is 9.47 Å². The van der Waals surface area contributed by atoms with Gasteiger partial charge in [-0.25, -0.2) is 9.97 Å². The smallest absolute Gasteiger partial charge is 0.129 e. The lowest BCUT2D eigenvalue weighted by Crippen LogP contribution is -2.14. The minimum Gasteiger partial charge on any atom is -0.496 e. The monoisotopic (exact) mass is 644 g/mol. The summed E-state index contributed by atoms with van der Waals surface area (Å²) in [6.07, 6.45) is 0. The van der Waals surface area contributed by atoms with Crippen molar-refractivity contribution >= 4 is 22.7 Å². The van der Waals surface area contributed by atoms with Crippen LogP contribution in [0.3, 0.4) is 0 Å². The molecule has 0 unspecified atom stereocenters. The van der Waals surface area contributed by atoms with Crippen LogP contribution in [-0.4, -0.2) is 90.3 Å². The summed E-state index contributed by atoms with van der Waals surface area (Å²) < 4.78 is 44.4. The number of benzene rings is 2. The number of rotatable bonds is 23. The predicted octanol–water partition coefficient (Wildman–Crippen LogP) is 5.75. The van der Waals surface area contributed by atoms with E-state index in [1.807, 2.05) is 59.3 Å². The first-order chi connectivity index (χ1) is 21.8. The van der Waals surface area contributed by atoms with Crippen molar-refractivity contribution in [2.75, 3.05) is 80.3 Å². The Labute approximate surface area is 266 Å². The van der Waals surface area contributed by atoms with Gasteiger partial charge in [0.2, 0.25) is 0 Å². The summed E-state index contributed by atoms with van der Waals surface area (Å²) in [6.45, 7) is 5.89. The van der Waals surface area contributed by atoms with Crippen molar-refractivity contribution in [2.45, 2.75) is 13.2 Å². The van der Waals surface area contributed by atoms with Gasteiger partial charge >= 0.3 is 0 Å². The zero-order valence-corrected chi connectivity index (χ0v) is 26.9. The molecule has 2 heterocycles. The summed E-state index contributed by atoms with van der Waals surface area (Å²) in [6, 6.07) is 15.7. The lowest BCUT2D eigenvalue weighted by molar-refractivity contribution is -0.0187. The van der Waals surface area contributed by atoms with E-state index in [0.717, 1.165) is 44.0 Å². The molecule has 238 valence electrons. The van der Waals surface area contributed by atoms with Gasteiger partial charge in [-0.3, -0.25) is 0 Å². The maximum atomic E-state index is 5.68. The number of nitrogens with zero attached hydrogens (tertiary/aromatic N) is 2. The number of hydrogen-bond donors (Lipinski definition) is 0. The van der Waals surface area contributed by atoms with Crippen LogP contribution in [0.1, 0.15) is 11.4 Å². The predicted molar refractivity (Wildman–Crippen MR) is 171 cm³/mol. The van der Waals surface area contributed by atoms with E-state index in [1.165, 1.54) is 0 Å². The number of methoxy groups -OCH3 is 2. The van der Waals surface area contributed by atoms with Crippen LogP contribution in [0.2, 0.25) is 0 Å². The van der Waals surface area contributed by atoms with Gasteiger partial charge in [0.1, 0.15) is 21.5 Å². The Kier molecular flexibility index (Phi) is 15.6. The molecular formula is C32H40N2O8S2. The van der Waals surface area contributed by atoms with Gasteiger partial charge in [-0.15, -0.1) is 22.7 Å². The number of ether oxygens (including phenoxy) is 8. The maximum absolute atomic E-state index is 5.68. The van der Waals surface area contributed by atoms with E-state index in [9.17, 15) is 0 Å². The molecule has 0 amide bonds. The third-order valence-electron chi connectivity index (χ3n) is 6.14. The van der Waals surface area contributed by atoms with E-state index >= 15 is 0 Å². The topological polar surface area (TPSA) is 99.6 Å². The van der Waals surface area contributed by atoms with Gasteiger partial charge in [0.05, 0.1) is 116 Å². The molecule has 0 aliphatic carbocycles. The fourth-order valence-electron chi connectivity index (χ4n) is 3.99. The molecule has 2 aromatic heterocycles. The molecule has 4 aromatic rings. The summed E-state index contributed by atoms with van der Waals surface area (Å²) in [5, 5.41) is 5.84. The van der Waals surface area contributed by atoms with Crippen molar-refractivity contribution in [1.82, 2.24) is 9.97 Å². The van der Waals surface area contributed by atoms with Crippen molar-refractivity contribution in [3.05, 3.63) is 70.7 Å². The van der Waals surface area contributed by atoms with Gasteiger partial charge in [-0.05, 0) is 24.3 Å². The molecule has 0 radical (unpaired) electrons. The number of hydrogen-bond acceptors (Lipinski definition) is 12. The van der Waals surface area contributed by atoms with Crippen molar-refractivity contribution in [1.29, 1.82) is 0 Å². The SMILES string of the molecule is COc1ccccc1-c1nc(COCCOCCOCCOCCOCCOCc2csc(-c3ccccc3OC)n2)cs1. The average molecular weight is 645 g/mol. The zero-order chi connectivity index (χ0) is 30.7. The molecule has 2 aromatic carbocycles. The van der Waals surface area contributed by atoms with Crippen molar-refractivity contribution in [3.63, 3.8) is 0 Å². The molecule has 0 N–H and O–H groups in total. The van der Waals surface area contributed by atoms with Crippen LogP contribution in [-0.2, 0) is 41.6 Å². The minimum absolute atomic E-state index is 0.443. The summed E-state index contributed by atoms with van der Waals surface area (Å²) >= 11 is 3.15.